The van der Waals surface area contributed by atoms with E-state index in [2.05, 4.69) is 31.2 Å². The highest BCUT2D eigenvalue weighted by molar-refractivity contribution is 9.10. The number of para-hydroxylation sites is 2. The summed E-state index contributed by atoms with van der Waals surface area (Å²) < 4.78 is 31.0. The molecule has 0 fully saturated rings. The summed E-state index contributed by atoms with van der Waals surface area (Å²) in [5.74, 6) is -0.0631. The first-order valence-corrected chi connectivity index (χ1v) is 11.0. The summed E-state index contributed by atoms with van der Waals surface area (Å²) in [4.78, 5) is 21.3. The molecule has 0 aliphatic heterocycles. The number of hydrogen-bond acceptors (Lipinski definition) is 6. The molecule has 1 atom stereocenters. The van der Waals surface area contributed by atoms with Crippen LogP contribution in [-0.4, -0.2) is 36.9 Å². The Hall–Kier alpha value is -3.63. The summed E-state index contributed by atoms with van der Waals surface area (Å²) in [6.45, 7) is -0.0637. The Morgan fingerprint density at radius 3 is 2.74 bits per heavy atom. The molecule has 0 spiro atoms. The second kappa shape index (κ2) is 10.1. The third-order valence-electron chi connectivity index (χ3n) is 5.14. The molecule has 0 aliphatic rings. The predicted octanol–water partition coefficient (Wildman–Crippen LogP) is 4.56. The minimum absolute atomic E-state index is 0.0637. The molecule has 1 heterocycles. The smallest absolute Gasteiger partial charge is 0.258 e. The zero-order chi connectivity index (χ0) is 24.2. The number of nitrogens with zero attached hydrogens (tertiary/aromatic N) is 1. The van der Waals surface area contributed by atoms with Gasteiger partial charge in [-0.2, -0.15) is 0 Å². The van der Waals surface area contributed by atoms with E-state index >= 15 is 0 Å². The first kappa shape index (κ1) is 23.5. The number of nitrogen functional groups attached to an aromatic ring is 1. The molecule has 3 aromatic carbocycles. The fraction of sp³-hybridized carbons (Fsp3) is 0.167. The largest absolute Gasteiger partial charge is 0.495 e. The van der Waals surface area contributed by atoms with Crippen LogP contribution in [0.15, 0.2) is 59.1 Å². The number of aromatic amines is 1. The van der Waals surface area contributed by atoms with E-state index in [4.69, 9.17) is 19.9 Å². The SMILES string of the molecule is COCOc1ccc(F)cc1C(NC(=O)c1c(N)ccc(Br)c1OC)c1nc2ccccc2[nH]1. The Morgan fingerprint density at radius 1 is 1.21 bits per heavy atom. The summed E-state index contributed by atoms with van der Waals surface area (Å²) in [6, 6.07) is 13.8. The standard InChI is InChI=1S/C24H22BrFN4O4/c1-32-12-34-19-10-7-13(26)11-14(19)21(23-28-17-5-3-4-6-18(17)29-23)30-24(31)20-16(27)9-8-15(25)22(20)33-2/h3-11,21H,12,27H2,1-2H3,(H,28,29)(H,30,31). The van der Waals surface area contributed by atoms with E-state index in [1.54, 1.807) is 12.1 Å². The van der Waals surface area contributed by atoms with Crippen LogP contribution in [0.5, 0.6) is 11.5 Å². The van der Waals surface area contributed by atoms with Crippen molar-refractivity contribution in [1.82, 2.24) is 15.3 Å². The quantitative estimate of drug-likeness (QED) is 0.228. The first-order chi connectivity index (χ1) is 16.4. The minimum Gasteiger partial charge on any atom is -0.495 e. The molecule has 176 valence electrons. The van der Waals surface area contributed by atoms with E-state index in [9.17, 15) is 9.18 Å². The van der Waals surface area contributed by atoms with Gasteiger partial charge in [0.25, 0.3) is 5.91 Å². The molecule has 0 aliphatic carbocycles. The topological polar surface area (TPSA) is 111 Å². The van der Waals surface area contributed by atoms with Crippen LogP contribution in [0.3, 0.4) is 0 Å². The number of nitrogens with two attached hydrogens (primary N) is 1. The Kier molecular flexibility index (Phi) is 6.99. The van der Waals surface area contributed by atoms with Gasteiger partial charge in [0.05, 0.1) is 22.6 Å². The Bertz CT molecular complexity index is 1310. The van der Waals surface area contributed by atoms with Crippen LogP contribution in [0.4, 0.5) is 10.1 Å². The van der Waals surface area contributed by atoms with Crippen LogP contribution in [0.25, 0.3) is 11.0 Å². The van der Waals surface area contributed by atoms with Gasteiger partial charge >= 0.3 is 0 Å². The van der Waals surface area contributed by atoms with Gasteiger partial charge in [-0.05, 0) is 58.4 Å². The Morgan fingerprint density at radius 2 is 2.00 bits per heavy atom. The molecule has 0 saturated heterocycles. The van der Waals surface area contributed by atoms with Gasteiger partial charge in [-0.3, -0.25) is 4.79 Å². The summed E-state index contributed by atoms with van der Waals surface area (Å²) in [7, 11) is 2.92. The van der Waals surface area contributed by atoms with Crippen LogP contribution >= 0.6 is 15.9 Å². The number of amides is 1. The number of ether oxygens (including phenoxy) is 3. The Balaban J connectivity index is 1.84. The normalized spacial score (nSPS) is 11.9. The summed E-state index contributed by atoms with van der Waals surface area (Å²) in [5.41, 5.74) is 8.25. The molecule has 0 radical (unpaired) electrons. The van der Waals surface area contributed by atoms with Crippen LogP contribution in [-0.2, 0) is 4.74 Å². The molecule has 4 N–H and O–H groups in total. The van der Waals surface area contributed by atoms with Gasteiger partial charge in [-0.25, -0.2) is 9.37 Å². The zero-order valence-corrected chi connectivity index (χ0v) is 20.0. The lowest BCUT2D eigenvalue weighted by Gasteiger charge is -2.22. The van der Waals surface area contributed by atoms with Crippen LogP contribution in [0.1, 0.15) is 27.8 Å². The average molecular weight is 529 g/mol. The van der Waals surface area contributed by atoms with E-state index in [1.807, 2.05) is 24.3 Å². The van der Waals surface area contributed by atoms with Crippen LogP contribution in [0, 0.1) is 5.82 Å². The molecular formula is C24H22BrFN4O4. The number of hydrogen-bond donors (Lipinski definition) is 3. The van der Waals surface area contributed by atoms with E-state index in [0.29, 0.717) is 27.1 Å². The van der Waals surface area contributed by atoms with E-state index in [1.165, 1.54) is 32.4 Å². The molecule has 1 amide bonds. The number of anilines is 1. The number of H-pyrrole nitrogens is 1. The van der Waals surface area contributed by atoms with Crippen molar-refractivity contribution < 1.29 is 23.4 Å². The van der Waals surface area contributed by atoms with Crippen LogP contribution < -0.4 is 20.5 Å². The maximum absolute atomic E-state index is 14.4. The number of aromatic nitrogens is 2. The number of nitrogens with one attached hydrogen (secondary N) is 2. The average Bonchev–Trinajstić information content (AvgIpc) is 3.26. The molecule has 8 nitrogen and oxygen atoms in total. The van der Waals surface area contributed by atoms with Gasteiger partial charge in [0.2, 0.25) is 0 Å². The van der Waals surface area contributed by atoms with Gasteiger partial charge in [-0.1, -0.05) is 12.1 Å². The van der Waals surface area contributed by atoms with Gasteiger partial charge in [0.1, 0.15) is 34.7 Å². The second-order valence-corrected chi connectivity index (χ2v) is 8.18. The van der Waals surface area contributed by atoms with Crippen molar-refractivity contribution in [3.63, 3.8) is 0 Å². The third kappa shape index (κ3) is 4.68. The first-order valence-electron chi connectivity index (χ1n) is 10.2. The van der Waals surface area contributed by atoms with Crippen molar-refractivity contribution in [1.29, 1.82) is 0 Å². The number of rotatable bonds is 8. The summed E-state index contributed by atoms with van der Waals surface area (Å²) in [5, 5.41) is 2.91. The number of fused-ring (bicyclic) bond motifs is 1. The maximum Gasteiger partial charge on any atom is 0.258 e. The number of carbonyl (C=O) groups is 1. The fourth-order valence-electron chi connectivity index (χ4n) is 3.61. The van der Waals surface area contributed by atoms with Crippen molar-refractivity contribution in [3.05, 3.63) is 81.8 Å². The molecule has 1 unspecified atom stereocenters. The van der Waals surface area contributed by atoms with Crippen molar-refractivity contribution in [2.45, 2.75) is 6.04 Å². The monoisotopic (exact) mass is 528 g/mol. The fourth-order valence-corrected chi connectivity index (χ4v) is 4.10. The highest BCUT2D eigenvalue weighted by atomic mass is 79.9. The molecule has 0 saturated carbocycles. The number of halogens is 2. The molecule has 4 aromatic rings. The van der Waals surface area contributed by atoms with E-state index in [0.717, 1.165) is 5.52 Å². The van der Waals surface area contributed by atoms with Crippen LogP contribution in [0.2, 0.25) is 0 Å². The third-order valence-corrected chi connectivity index (χ3v) is 5.77. The molecule has 0 bridgehead atoms. The van der Waals surface area contributed by atoms with Gasteiger partial charge in [0, 0.05) is 18.4 Å². The lowest BCUT2D eigenvalue weighted by Crippen LogP contribution is -2.31. The summed E-state index contributed by atoms with van der Waals surface area (Å²) >= 11 is 3.38. The van der Waals surface area contributed by atoms with Crippen molar-refractivity contribution in [3.8, 4) is 11.5 Å². The number of benzene rings is 3. The molecule has 10 heteroatoms. The molecule has 34 heavy (non-hydrogen) atoms. The number of imidazole rings is 1. The minimum atomic E-state index is -0.912. The zero-order valence-electron chi connectivity index (χ0n) is 18.4. The summed E-state index contributed by atoms with van der Waals surface area (Å²) in [6.07, 6.45) is 0. The number of methoxy groups -OCH3 is 2. The lowest BCUT2D eigenvalue weighted by molar-refractivity contribution is 0.0500. The van der Waals surface area contributed by atoms with Crippen molar-refractivity contribution in [2.24, 2.45) is 0 Å². The van der Waals surface area contributed by atoms with E-state index in [-0.39, 0.29) is 23.8 Å². The van der Waals surface area contributed by atoms with Crippen molar-refractivity contribution >= 4 is 38.6 Å². The van der Waals surface area contributed by atoms with E-state index < -0.39 is 17.8 Å². The van der Waals surface area contributed by atoms with Crippen molar-refractivity contribution in [2.75, 3.05) is 26.7 Å². The molecule has 4 rings (SSSR count). The van der Waals surface area contributed by atoms with Gasteiger partial charge < -0.3 is 30.2 Å². The maximum atomic E-state index is 14.4. The predicted molar refractivity (Wildman–Crippen MR) is 129 cm³/mol. The second-order valence-electron chi connectivity index (χ2n) is 7.32. The highest BCUT2D eigenvalue weighted by Crippen LogP contribution is 2.35. The number of carbonyl (C=O) groups excluding carboxylic acids is 1. The lowest BCUT2D eigenvalue weighted by atomic mass is 10.0. The Labute approximate surface area is 203 Å². The molecular weight excluding hydrogens is 507 g/mol. The van der Waals surface area contributed by atoms with Gasteiger partial charge in [0.15, 0.2) is 6.79 Å². The highest BCUT2D eigenvalue weighted by Gasteiger charge is 2.28. The van der Waals surface area contributed by atoms with Gasteiger partial charge in [-0.15, -0.1) is 0 Å². The molecule has 1 aromatic heterocycles.